The van der Waals surface area contributed by atoms with Gasteiger partial charge in [-0.3, -0.25) is 0 Å². The summed E-state index contributed by atoms with van der Waals surface area (Å²) in [7, 11) is -0.871. The Morgan fingerprint density at radius 2 is 1.40 bits per heavy atom. The van der Waals surface area contributed by atoms with Gasteiger partial charge in [0.05, 0.1) is 14.2 Å². The fraction of sp³-hybridized carbons (Fsp3) is 0.172. The van der Waals surface area contributed by atoms with Gasteiger partial charge in [0.1, 0.15) is 27.3 Å². The number of anilines is 1. The Labute approximate surface area is 241 Å². The largest absolute Gasteiger partial charge is 0.497 e. The van der Waals surface area contributed by atoms with E-state index in [1.807, 2.05) is 60.4 Å². The Kier molecular flexibility index (Phi) is 7.95. The zero-order chi connectivity index (χ0) is 28.3. The molecule has 0 radical (unpaired) electrons. The molecular formula is C29H27BrN4O5S. The van der Waals surface area contributed by atoms with E-state index < -0.39 is 10.1 Å². The van der Waals surface area contributed by atoms with Crippen LogP contribution in [0.5, 0.6) is 17.2 Å². The van der Waals surface area contributed by atoms with E-state index in [-0.39, 0.29) is 10.6 Å². The number of nitrogens with zero attached hydrogens (tertiary/aromatic N) is 4. The van der Waals surface area contributed by atoms with E-state index in [9.17, 15) is 8.42 Å². The minimum absolute atomic E-state index is 0.0558. The van der Waals surface area contributed by atoms with Crippen LogP contribution in [0.3, 0.4) is 0 Å². The molecule has 0 aliphatic carbocycles. The summed E-state index contributed by atoms with van der Waals surface area (Å²) >= 11 is 3.49. The van der Waals surface area contributed by atoms with E-state index in [2.05, 4.69) is 26.0 Å². The van der Waals surface area contributed by atoms with Gasteiger partial charge in [-0.15, -0.1) is 0 Å². The van der Waals surface area contributed by atoms with Crippen molar-refractivity contribution in [1.29, 1.82) is 0 Å². The number of methoxy groups -OCH3 is 2. The van der Waals surface area contributed by atoms with Crippen molar-refractivity contribution in [3.05, 3.63) is 106 Å². The average molecular weight is 624 g/mol. The Morgan fingerprint density at radius 3 is 1.93 bits per heavy atom. The maximum absolute atomic E-state index is 13.2. The highest BCUT2D eigenvalue weighted by Gasteiger charge is 2.25. The Bertz CT molecular complexity index is 1670. The number of benzene rings is 3. The van der Waals surface area contributed by atoms with Crippen molar-refractivity contribution in [2.75, 3.05) is 19.1 Å². The molecule has 0 saturated heterocycles. The summed E-state index contributed by atoms with van der Waals surface area (Å²) in [4.78, 5) is 6.70. The molecule has 5 aromatic rings. The van der Waals surface area contributed by atoms with Crippen molar-refractivity contribution in [3.8, 4) is 17.2 Å². The predicted octanol–water partition coefficient (Wildman–Crippen LogP) is 5.79. The molecule has 0 fully saturated rings. The molecule has 0 atom stereocenters. The molecule has 9 nitrogen and oxygen atoms in total. The predicted molar refractivity (Wildman–Crippen MR) is 156 cm³/mol. The van der Waals surface area contributed by atoms with Crippen LogP contribution in [0.4, 0.5) is 5.82 Å². The molecule has 11 heteroatoms. The average Bonchev–Trinajstić information content (AvgIpc) is 3.28. The molecule has 0 aliphatic rings. The Hall–Kier alpha value is -4.09. The lowest BCUT2D eigenvalue weighted by Crippen LogP contribution is -2.24. The van der Waals surface area contributed by atoms with Crippen molar-refractivity contribution in [3.63, 3.8) is 0 Å². The van der Waals surface area contributed by atoms with E-state index in [4.69, 9.17) is 13.7 Å². The second-order valence-corrected chi connectivity index (χ2v) is 11.4. The number of hydrogen-bond donors (Lipinski definition) is 0. The highest BCUT2D eigenvalue weighted by molar-refractivity contribution is 9.10. The maximum atomic E-state index is 13.2. The molecule has 206 valence electrons. The first-order chi connectivity index (χ1) is 19.3. The summed E-state index contributed by atoms with van der Waals surface area (Å²) in [6.07, 6.45) is 1.43. The zero-order valence-corrected chi connectivity index (χ0v) is 24.5. The van der Waals surface area contributed by atoms with Crippen molar-refractivity contribution < 1.29 is 22.1 Å². The van der Waals surface area contributed by atoms with E-state index in [1.165, 1.54) is 18.5 Å². The Balaban J connectivity index is 1.59. The van der Waals surface area contributed by atoms with Gasteiger partial charge < -0.3 is 18.6 Å². The first-order valence-corrected chi connectivity index (χ1v) is 14.5. The molecule has 0 aliphatic heterocycles. The molecule has 0 unspecified atom stereocenters. The number of rotatable bonds is 10. The number of hydrogen-bond acceptors (Lipinski definition) is 8. The van der Waals surface area contributed by atoms with E-state index in [0.29, 0.717) is 29.0 Å². The second kappa shape index (κ2) is 11.6. The minimum atomic E-state index is -4.12. The second-order valence-electron chi connectivity index (χ2n) is 9.08. The molecule has 2 heterocycles. The molecule has 0 bridgehead atoms. The number of aryl methyl sites for hydroxylation is 1. The molecule has 2 aromatic heterocycles. The van der Waals surface area contributed by atoms with Crippen LogP contribution in [0.25, 0.3) is 5.52 Å². The van der Waals surface area contributed by atoms with E-state index in [0.717, 1.165) is 28.2 Å². The van der Waals surface area contributed by atoms with Gasteiger partial charge in [-0.25, -0.2) is 9.50 Å². The number of ether oxygens (including phenoxy) is 2. The van der Waals surface area contributed by atoms with Gasteiger partial charge >= 0.3 is 10.1 Å². The summed E-state index contributed by atoms with van der Waals surface area (Å²) in [5, 5.41) is 4.34. The summed E-state index contributed by atoms with van der Waals surface area (Å²) in [5.41, 5.74) is 3.37. The highest BCUT2D eigenvalue weighted by Crippen LogP contribution is 2.36. The van der Waals surface area contributed by atoms with Crippen LogP contribution in [-0.2, 0) is 23.2 Å². The first-order valence-electron chi connectivity index (χ1n) is 12.3. The van der Waals surface area contributed by atoms with Crippen molar-refractivity contribution >= 4 is 37.4 Å². The quantitative estimate of drug-likeness (QED) is 0.181. The fourth-order valence-electron chi connectivity index (χ4n) is 4.23. The zero-order valence-electron chi connectivity index (χ0n) is 22.1. The van der Waals surface area contributed by atoms with Crippen LogP contribution < -0.4 is 18.6 Å². The smallest absolute Gasteiger partial charge is 0.339 e. The molecule has 0 N–H and O–H groups in total. The summed E-state index contributed by atoms with van der Waals surface area (Å²) in [6, 6.07) is 23.6. The van der Waals surface area contributed by atoms with Gasteiger partial charge in [0.2, 0.25) is 0 Å². The normalized spacial score (nSPS) is 11.4. The van der Waals surface area contributed by atoms with Gasteiger partial charge in [-0.05, 0) is 70.4 Å². The molecule has 3 aromatic carbocycles. The SMILES string of the molecule is COc1ccc(CN(Cc2ccc(OC)cc2)c2ncnn3c(Br)cc(OS(=O)(=O)c4ccc(C)cc4)c23)cc1. The Morgan fingerprint density at radius 1 is 0.850 bits per heavy atom. The molecule has 0 saturated carbocycles. The van der Waals surface area contributed by atoms with Gasteiger partial charge in [0, 0.05) is 19.2 Å². The molecule has 0 amide bonds. The lowest BCUT2D eigenvalue weighted by Gasteiger charge is -2.25. The van der Waals surface area contributed by atoms with Crippen LogP contribution in [-0.4, -0.2) is 37.2 Å². The van der Waals surface area contributed by atoms with Gasteiger partial charge in [0.15, 0.2) is 17.1 Å². The lowest BCUT2D eigenvalue weighted by atomic mass is 10.1. The third-order valence-electron chi connectivity index (χ3n) is 6.33. The van der Waals surface area contributed by atoms with Crippen LogP contribution >= 0.6 is 15.9 Å². The topological polar surface area (TPSA) is 95.3 Å². The van der Waals surface area contributed by atoms with E-state index in [1.54, 1.807) is 36.9 Å². The van der Waals surface area contributed by atoms with Gasteiger partial charge in [0.25, 0.3) is 0 Å². The van der Waals surface area contributed by atoms with Crippen LogP contribution in [0, 0.1) is 6.92 Å². The highest BCUT2D eigenvalue weighted by atomic mass is 79.9. The fourth-order valence-corrected chi connectivity index (χ4v) is 5.64. The number of fused-ring (bicyclic) bond motifs is 1. The third-order valence-corrected chi connectivity index (χ3v) is 8.14. The molecule has 5 rings (SSSR count). The number of halogens is 1. The molecular weight excluding hydrogens is 596 g/mol. The molecule has 40 heavy (non-hydrogen) atoms. The van der Waals surface area contributed by atoms with Gasteiger partial charge in [-0.1, -0.05) is 42.0 Å². The summed E-state index contributed by atoms with van der Waals surface area (Å²) in [6.45, 7) is 2.82. The minimum Gasteiger partial charge on any atom is -0.497 e. The first kappa shape index (κ1) is 27.5. The van der Waals surface area contributed by atoms with Crippen LogP contribution in [0.1, 0.15) is 16.7 Å². The van der Waals surface area contributed by atoms with Crippen molar-refractivity contribution in [2.45, 2.75) is 24.9 Å². The summed E-state index contributed by atoms with van der Waals surface area (Å²) in [5.74, 6) is 2.11. The number of aromatic nitrogens is 3. The lowest BCUT2D eigenvalue weighted by molar-refractivity contribution is 0.414. The van der Waals surface area contributed by atoms with Gasteiger partial charge in [-0.2, -0.15) is 13.5 Å². The standard InChI is InChI=1S/C29H27BrN4O5S/c1-20-4-14-25(15-5-20)40(35,36)39-26-16-27(30)34-28(26)29(31-19-32-34)33(17-21-6-10-23(37-2)11-7-21)18-22-8-12-24(38-3)13-9-22/h4-16,19H,17-18H2,1-3H3. The van der Waals surface area contributed by atoms with E-state index >= 15 is 0 Å². The van der Waals surface area contributed by atoms with Crippen LogP contribution in [0.2, 0.25) is 0 Å². The monoisotopic (exact) mass is 622 g/mol. The van der Waals surface area contributed by atoms with Crippen molar-refractivity contribution in [1.82, 2.24) is 14.6 Å². The summed E-state index contributed by atoms with van der Waals surface area (Å²) < 4.78 is 44.9. The maximum Gasteiger partial charge on any atom is 0.339 e. The molecule has 0 spiro atoms. The third kappa shape index (κ3) is 5.90. The van der Waals surface area contributed by atoms with Crippen molar-refractivity contribution in [2.24, 2.45) is 0 Å². The van der Waals surface area contributed by atoms with Crippen LogP contribution in [0.15, 0.2) is 94.7 Å².